The zero-order chi connectivity index (χ0) is 14.0. The number of halogens is 1. The summed E-state index contributed by atoms with van der Waals surface area (Å²) in [5.41, 5.74) is 5.88. The summed E-state index contributed by atoms with van der Waals surface area (Å²) in [5, 5.41) is 3.87. The monoisotopic (exact) mass is 284 g/mol. The molecule has 0 radical (unpaired) electrons. The molecule has 1 heterocycles. The molecule has 0 spiro atoms. The standard InChI is InChI=1S/C11H13FN4O2S/c1-16-5-4-11(14-16)15-19(17,18)10-3-2-8(7-13)6-9(10)12/h2-6H,7,13H2,1H3,(H,14,15). The lowest BCUT2D eigenvalue weighted by Gasteiger charge is -2.07. The molecular formula is C11H13FN4O2S. The number of anilines is 1. The first kappa shape index (κ1) is 13.5. The second-order valence-electron chi connectivity index (χ2n) is 3.95. The maximum absolute atomic E-state index is 13.7. The maximum atomic E-state index is 13.7. The molecule has 0 saturated heterocycles. The second kappa shape index (κ2) is 4.98. The fraction of sp³-hybridized carbons (Fsp3) is 0.182. The topological polar surface area (TPSA) is 90.0 Å². The number of benzene rings is 1. The first-order chi connectivity index (χ1) is 8.92. The van der Waals surface area contributed by atoms with Crippen LogP contribution in [0, 0.1) is 5.82 Å². The van der Waals surface area contributed by atoms with Gasteiger partial charge in [0.1, 0.15) is 10.7 Å². The predicted octanol–water partition coefficient (Wildman–Crippen LogP) is 0.819. The Balaban J connectivity index is 2.34. The van der Waals surface area contributed by atoms with Gasteiger partial charge in [-0.3, -0.25) is 9.40 Å². The molecule has 6 nitrogen and oxygen atoms in total. The summed E-state index contributed by atoms with van der Waals surface area (Å²) in [4.78, 5) is -0.435. The highest BCUT2D eigenvalue weighted by Gasteiger charge is 2.20. The van der Waals surface area contributed by atoms with E-state index in [4.69, 9.17) is 5.73 Å². The molecule has 0 atom stereocenters. The van der Waals surface area contributed by atoms with E-state index in [1.165, 1.54) is 22.9 Å². The first-order valence-electron chi connectivity index (χ1n) is 5.43. The van der Waals surface area contributed by atoms with Crippen LogP contribution in [-0.2, 0) is 23.6 Å². The van der Waals surface area contributed by atoms with Gasteiger partial charge in [-0.15, -0.1) is 0 Å². The van der Waals surface area contributed by atoms with Gasteiger partial charge < -0.3 is 5.73 Å². The third-order valence-electron chi connectivity index (χ3n) is 2.47. The van der Waals surface area contributed by atoms with Crippen LogP contribution < -0.4 is 10.5 Å². The van der Waals surface area contributed by atoms with Crippen molar-refractivity contribution in [3.8, 4) is 0 Å². The zero-order valence-corrected chi connectivity index (χ0v) is 11.0. The number of aromatic nitrogens is 2. The number of hydrogen-bond acceptors (Lipinski definition) is 4. The molecule has 0 saturated carbocycles. The van der Waals surface area contributed by atoms with E-state index in [0.29, 0.717) is 5.56 Å². The van der Waals surface area contributed by atoms with Crippen LogP contribution in [0.3, 0.4) is 0 Å². The van der Waals surface area contributed by atoms with Crippen molar-refractivity contribution in [3.05, 3.63) is 41.8 Å². The summed E-state index contributed by atoms with van der Waals surface area (Å²) in [6.45, 7) is 0.144. The Labute approximate surface area is 110 Å². The molecule has 0 amide bonds. The van der Waals surface area contributed by atoms with Gasteiger partial charge in [-0.25, -0.2) is 12.8 Å². The van der Waals surface area contributed by atoms with Crippen molar-refractivity contribution in [2.24, 2.45) is 12.8 Å². The third kappa shape index (κ3) is 2.91. The molecule has 19 heavy (non-hydrogen) atoms. The minimum Gasteiger partial charge on any atom is -0.326 e. The van der Waals surface area contributed by atoms with E-state index < -0.39 is 20.7 Å². The van der Waals surface area contributed by atoms with E-state index in [1.54, 1.807) is 13.2 Å². The Kier molecular flexibility index (Phi) is 3.54. The van der Waals surface area contributed by atoms with Crippen LogP contribution in [-0.4, -0.2) is 18.2 Å². The molecule has 0 aliphatic rings. The number of nitrogens with zero attached hydrogens (tertiary/aromatic N) is 2. The fourth-order valence-electron chi connectivity index (χ4n) is 1.55. The van der Waals surface area contributed by atoms with Crippen LogP contribution in [0.4, 0.5) is 10.2 Å². The Morgan fingerprint density at radius 1 is 1.42 bits per heavy atom. The van der Waals surface area contributed by atoms with E-state index in [0.717, 1.165) is 6.07 Å². The van der Waals surface area contributed by atoms with Crippen molar-refractivity contribution < 1.29 is 12.8 Å². The van der Waals surface area contributed by atoms with Gasteiger partial charge in [0, 0.05) is 25.9 Å². The number of rotatable bonds is 4. The number of nitrogens with one attached hydrogen (secondary N) is 1. The molecule has 1 aromatic heterocycles. The molecule has 102 valence electrons. The molecule has 8 heteroatoms. The molecule has 0 fully saturated rings. The van der Waals surface area contributed by atoms with E-state index in [9.17, 15) is 12.8 Å². The lowest BCUT2D eigenvalue weighted by atomic mass is 10.2. The van der Waals surface area contributed by atoms with Crippen molar-refractivity contribution in [1.82, 2.24) is 9.78 Å². The molecule has 0 unspecified atom stereocenters. The zero-order valence-electron chi connectivity index (χ0n) is 10.2. The molecule has 0 bridgehead atoms. The van der Waals surface area contributed by atoms with Crippen LogP contribution in [0.15, 0.2) is 35.4 Å². The molecule has 2 aromatic rings. The Hall–Kier alpha value is -1.93. The summed E-state index contributed by atoms with van der Waals surface area (Å²) in [6.07, 6.45) is 1.58. The fourth-order valence-corrected chi connectivity index (χ4v) is 2.61. The summed E-state index contributed by atoms with van der Waals surface area (Å²) in [6, 6.07) is 5.23. The minimum absolute atomic E-state index is 0.129. The van der Waals surface area contributed by atoms with Gasteiger partial charge in [0.05, 0.1) is 0 Å². The summed E-state index contributed by atoms with van der Waals surface area (Å²) in [7, 11) is -2.35. The second-order valence-corrected chi connectivity index (χ2v) is 5.60. The highest BCUT2D eigenvalue weighted by molar-refractivity contribution is 7.92. The van der Waals surface area contributed by atoms with Crippen LogP contribution in [0.2, 0.25) is 0 Å². The highest BCUT2D eigenvalue weighted by Crippen LogP contribution is 2.18. The normalized spacial score (nSPS) is 11.5. The van der Waals surface area contributed by atoms with E-state index >= 15 is 0 Å². The number of hydrogen-bond donors (Lipinski definition) is 2. The van der Waals surface area contributed by atoms with Crippen LogP contribution in [0.1, 0.15) is 5.56 Å². The number of nitrogens with two attached hydrogens (primary N) is 1. The highest BCUT2D eigenvalue weighted by atomic mass is 32.2. The average Bonchev–Trinajstić information content (AvgIpc) is 2.73. The number of aryl methyl sites for hydroxylation is 1. The summed E-state index contributed by atoms with van der Waals surface area (Å²) >= 11 is 0. The maximum Gasteiger partial charge on any atom is 0.266 e. The van der Waals surface area contributed by atoms with Gasteiger partial charge >= 0.3 is 0 Å². The van der Waals surface area contributed by atoms with Gasteiger partial charge in [0.2, 0.25) is 0 Å². The largest absolute Gasteiger partial charge is 0.326 e. The Morgan fingerprint density at radius 3 is 2.68 bits per heavy atom. The molecule has 0 aliphatic heterocycles. The molecule has 1 aromatic carbocycles. The van der Waals surface area contributed by atoms with Crippen LogP contribution in [0.25, 0.3) is 0 Å². The lowest BCUT2D eigenvalue weighted by molar-refractivity contribution is 0.569. The molecule has 0 aliphatic carbocycles. The summed E-state index contributed by atoms with van der Waals surface area (Å²) < 4.78 is 41.4. The van der Waals surface area contributed by atoms with Gasteiger partial charge in [-0.05, 0) is 17.7 Å². The molecule has 3 N–H and O–H groups in total. The molecular weight excluding hydrogens is 271 g/mol. The smallest absolute Gasteiger partial charge is 0.266 e. The Bertz CT molecular complexity index is 696. The van der Waals surface area contributed by atoms with Crippen LogP contribution >= 0.6 is 0 Å². The predicted molar refractivity (Wildman–Crippen MR) is 68.3 cm³/mol. The van der Waals surface area contributed by atoms with Gasteiger partial charge in [0.15, 0.2) is 5.82 Å². The van der Waals surface area contributed by atoms with Gasteiger partial charge in [-0.1, -0.05) is 6.07 Å². The summed E-state index contributed by atoms with van der Waals surface area (Å²) in [5.74, 6) is -0.712. The van der Waals surface area contributed by atoms with Crippen molar-refractivity contribution in [3.63, 3.8) is 0 Å². The van der Waals surface area contributed by atoms with Gasteiger partial charge in [0.25, 0.3) is 10.0 Å². The Morgan fingerprint density at radius 2 is 2.16 bits per heavy atom. The minimum atomic E-state index is -4.00. The van der Waals surface area contributed by atoms with E-state index in [1.807, 2.05) is 0 Å². The first-order valence-corrected chi connectivity index (χ1v) is 6.91. The van der Waals surface area contributed by atoms with E-state index in [-0.39, 0.29) is 12.4 Å². The SMILES string of the molecule is Cn1ccc(NS(=O)(=O)c2ccc(CN)cc2F)n1. The molecule has 2 rings (SSSR count). The van der Waals surface area contributed by atoms with Gasteiger partial charge in [-0.2, -0.15) is 5.10 Å². The van der Waals surface area contributed by atoms with Crippen molar-refractivity contribution in [1.29, 1.82) is 0 Å². The lowest BCUT2D eigenvalue weighted by Crippen LogP contribution is -2.15. The van der Waals surface area contributed by atoms with Crippen molar-refractivity contribution in [2.75, 3.05) is 4.72 Å². The number of sulfonamides is 1. The van der Waals surface area contributed by atoms with Crippen molar-refractivity contribution in [2.45, 2.75) is 11.4 Å². The quantitative estimate of drug-likeness (QED) is 0.869. The van der Waals surface area contributed by atoms with Crippen LogP contribution in [0.5, 0.6) is 0 Å². The van der Waals surface area contributed by atoms with Crippen molar-refractivity contribution >= 4 is 15.8 Å². The van der Waals surface area contributed by atoms with E-state index in [2.05, 4.69) is 9.82 Å². The third-order valence-corrected chi connectivity index (χ3v) is 3.86. The average molecular weight is 284 g/mol.